The van der Waals surface area contributed by atoms with Crippen LogP contribution < -0.4 is 9.80 Å². The van der Waals surface area contributed by atoms with Crippen molar-refractivity contribution in [2.75, 3.05) is 16.3 Å². The summed E-state index contributed by atoms with van der Waals surface area (Å²) in [6.45, 7) is 9.67. The van der Waals surface area contributed by atoms with E-state index >= 15 is 0 Å². The van der Waals surface area contributed by atoms with Gasteiger partial charge < -0.3 is 9.80 Å². The number of hydrogen-bond acceptors (Lipinski definition) is 3. The minimum absolute atomic E-state index is 0.000602. The van der Waals surface area contributed by atoms with Gasteiger partial charge in [0.05, 0.1) is 6.54 Å². The minimum Gasteiger partial charge on any atom is -0.346 e. The molecule has 3 nitrogen and oxygen atoms in total. The van der Waals surface area contributed by atoms with Crippen molar-refractivity contribution >= 4 is 17.2 Å². The second-order valence-corrected chi connectivity index (χ2v) is 9.19. The monoisotopic (exact) mass is 374 g/mol. The summed E-state index contributed by atoms with van der Waals surface area (Å²) in [5.74, 6) is 0.699. The third kappa shape index (κ3) is 3.34. The smallest absolute Gasteiger partial charge is 0.162 e. The van der Waals surface area contributed by atoms with Crippen molar-refractivity contribution in [2.45, 2.75) is 46.7 Å². The van der Waals surface area contributed by atoms with Gasteiger partial charge in [-0.25, -0.2) is 0 Å². The highest BCUT2D eigenvalue weighted by Crippen LogP contribution is 2.45. The van der Waals surface area contributed by atoms with Crippen LogP contribution in [0.15, 0.2) is 71.9 Å². The van der Waals surface area contributed by atoms with Crippen LogP contribution >= 0.6 is 0 Å². The molecular formula is C25H30N2O. The van der Waals surface area contributed by atoms with Gasteiger partial charge in [0.1, 0.15) is 6.17 Å². The van der Waals surface area contributed by atoms with Crippen molar-refractivity contribution in [3.8, 4) is 0 Å². The number of para-hydroxylation sites is 2. The number of rotatable bonds is 3. The van der Waals surface area contributed by atoms with Gasteiger partial charge in [-0.05, 0) is 42.0 Å². The zero-order chi connectivity index (χ0) is 19.9. The molecular weight excluding hydrogens is 344 g/mol. The van der Waals surface area contributed by atoms with Gasteiger partial charge in [-0.2, -0.15) is 0 Å². The average molecular weight is 375 g/mol. The van der Waals surface area contributed by atoms with E-state index in [0.717, 1.165) is 12.0 Å². The summed E-state index contributed by atoms with van der Waals surface area (Å²) in [6, 6.07) is 21.1. The van der Waals surface area contributed by atoms with Gasteiger partial charge in [0, 0.05) is 29.1 Å². The van der Waals surface area contributed by atoms with Crippen LogP contribution in [0.1, 0.15) is 40.5 Å². The van der Waals surface area contributed by atoms with E-state index < -0.39 is 0 Å². The van der Waals surface area contributed by atoms with Crippen LogP contribution in [-0.2, 0) is 4.79 Å². The molecule has 1 aliphatic heterocycles. The van der Waals surface area contributed by atoms with E-state index in [-0.39, 0.29) is 11.6 Å². The maximum absolute atomic E-state index is 13.2. The van der Waals surface area contributed by atoms with Crippen LogP contribution in [0.3, 0.4) is 0 Å². The second kappa shape index (κ2) is 7.12. The number of benzene rings is 2. The Hall–Kier alpha value is -2.55. The van der Waals surface area contributed by atoms with Gasteiger partial charge in [-0.3, -0.25) is 4.79 Å². The number of ketones is 1. The number of allylic oxidation sites excluding steroid dienone is 1. The maximum atomic E-state index is 13.2. The van der Waals surface area contributed by atoms with E-state index in [9.17, 15) is 4.79 Å². The normalized spacial score (nSPS) is 21.9. The van der Waals surface area contributed by atoms with E-state index in [1.54, 1.807) is 0 Å². The molecule has 0 radical (unpaired) electrons. The van der Waals surface area contributed by atoms with Crippen LogP contribution in [0.5, 0.6) is 0 Å². The summed E-state index contributed by atoms with van der Waals surface area (Å²) in [5, 5.41) is 0. The Morgan fingerprint density at radius 3 is 2.04 bits per heavy atom. The van der Waals surface area contributed by atoms with Crippen molar-refractivity contribution in [1.82, 2.24) is 0 Å². The van der Waals surface area contributed by atoms with Crippen LogP contribution in [0.2, 0.25) is 0 Å². The quantitative estimate of drug-likeness (QED) is 0.695. The molecule has 2 aliphatic rings. The lowest BCUT2D eigenvalue weighted by Gasteiger charge is -2.52. The molecule has 0 fully saturated rings. The SMILES string of the molecule is CC(C)C1N(c2ccccc2)CC2=C(CC(C)(C)CC2=O)N1c1ccccc1. The lowest BCUT2D eigenvalue weighted by Crippen LogP contribution is -2.58. The third-order valence-corrected chi connectivity index (χ3v) is 5.89. The highest BCUT2D eigenvalue weighted by Gasteiger charge is 2.43. The summed E-state index contributed by atoms with van der Waals surface area (Å²) in [5.41, 5.74) is 4.55. The van der Waals surface area contributed by atoms with Crippen LogP contribution in [-0.4, -0.2) is 18.5 Å². The predicted molar refractivity (Wildman–Crippen MR) is 116 cm³/mol. The molecule has 0 bridgehead atoms. The third-order valence-electron chi connectivity index (χ3n) is 5.89. The van der Waals surface area contributed by atoms with Gasteiger partial charge in [0.2, 0.25) is 0 Å². The van der Waals surface area contributed by atoms with E-state index in [2.05, 4.69) is 92.1 Å². The van der Waals surface area contributed by atoms with Crippen LogP contribution in [0, 0.1) is 11.3 Å². The zero-order valence-corrected chi connectivity index (χ0v) is 17.4. The molecule has 1 unspecified atom stereocenters. The minimum atomic E-state index is -0.000602. The molecule has 3 heteroatoms. The van der Waals surface area contributed by atoms with Crippen molar-refractivity contribution in [2.24, 2.45) is 11.3 Å². The molecule has 146 valence electrons. The fourth-order valence-electron chi connectivity index (χ4n) is 4.72. The number of nitrogens with zero attached hydrogens (tertiary/aromatic N) is 2. The van der Waals surface area contributed by atoms with Gasteiger partial charge in [0.15, 0.2) is 5.78 Å². The summed E-state index contributed by atoms with van der Waals surface area (Å²) in [7, 11) is 0. The Labute approximate surface area is 168 Å². The van der Waals surface area contributed by atoms with Crippen molar-refractivity contribution < 1.29 is 4.79 Å². The van der Waals surface area contributed by atoms with Crippen molar-refractivity contribution in [3.05, 3.63) is 71.9 Å². The Balaban J connectivity index is 1.91. The summed E-state index contributed by atoms with van der Waals surface area (Å²) in [4.78, 5) is 18.0. The molecule has 0 N–H and O–H groups in total. The van der Waals surface area contributed by atoms with E-state index in [1.165, 1.54) is 17.1 Å². The van der Waals surface area contributed by atoms with E-state index in [4.69, 9.17) is 0 Å². The Kier molecular flexibility index (Phi) is 4.78. The molecule has 1 aliphatic carbocycles. The summed E-state index contributed by atoms with van der Waals surface area (Å²) >= 11 is 0. The molecule has 0 saturated heterocycles. The first kappa shape index (κ1) is 18.8. The first-order valence-corrected chi connectivity index (χ1v) is 10.3. The number of carbonyl (C=O) groups is 1. The molecule has 0 spiro atoms. The van der Waals surface area contributed by atoms with Gasteiger partial charge in [-0.15, -0.1) is 0 Å². The largest absolute Gasteiger partial charge is 0.346 e. The van der Waals surface area contributed by atoms with Gasteiger partial charge in [-0.1, -0.05) is 64.1 Å². The molecule has 2 aromatic rings. The lowest BCUT2D eigenvalue weighted by molar-refractivity contribution is -0.118. The molecule has 0 aromatic heterocycles. The molecule has 0 amide bonds. The number of hydrogen-bond donors (Lipinski definition) is 0. The molecule has 1 atom stereocenters. The first-order valence-electron chi connectivity index (χ1n) is 10.3. The average Bonchev–Trinajstić information content (AvgIpc) is 2.67. The predicted octanol–water partition coefficient (Wildman–Crippen LogP) is 5.64. The number of anilines is 2. The fourth-order valence-corrected chi connectivity index (χ4v) is 4.72. The zero-order valence-electron chi connectivity index (χ0n) is 17.4. The lowest BCUT2D eigenvalue weighted by atomic mass is 9.74. The highest BCUT2D eigenvalue weighted by atomic mass is 16.1. The molecule has 4 rings (SSSR count). The van der Waals surface area contributed by atoms with Crippen LogP contribution in [0.25, 0.3) is 0 Å². The Morgan fingerprint density at radius 1 is 0.893 bits per heavy atom. The van der Waals surface area contributed by atoms with Crippen molar-refractivity contribution in [3.63, 3.8) is 0 Å². The van der Waals surface area contributed by atoms with E-state index in [0.29, 0.717) is 24.7 Å². The molecule has 0 saturated carbocycles. The van der Waals surface area contributed by atoms with Crippen LogP contribution in [0.4, 0.5) is 11.4 Å². The van der Waals surface area contributed by atoms with Gasteiger partial charge >= 0.3 is 0 Å². The second-order valence-electron chi connectivity index (χ2n) is 9.19. The van der Waals surface area contributed by atoms with E-state index in [1.807, 2.05) is 6.07 Å². The molecule has 28 heavy (non-hydrogen) atoms. The fraction of sp³-hybridized carbons (Fsp3) is 0.400. The van der Waals surface area contributed by atoms with Crippen molar-refractivity contribution in [1.29, 1.82) is 0 Å². The molecule has 2 aromatic carbocycles. The summed E-state index contributed by atoms with van der Waals surface area (Å²) < 4.78 is 0. The Bertz CT molecular complexity index is 883. The standard InChI is InChI=1S/C25H30N2O/c1-18(2)24-26(19-11-7-5-8-12-19)17-21-22(15-25(3,4)16-23(21)28)27(24)20-13-9-6-10-14-20/h5-14,18,24H,15-17H2,1-4H3. The highest BCUT2D eigenvalue weighted by molar-refractivity contribution is 5.99. The Morgan fingerprint density at radius 2 is 1.46 bits per heavy atom. The summed E-state index contributed by atoms with van der Waals surface area (Å²) in [6.07, 6.45) is 1.74. The maximum Gasteiger partial charge on any atom is 0.162 e. The topological polar surface area (TPSA) is 23.6 Å². The first-order chi connectivity index (χ1) is 13.4. The number of carbonyl (C=O) groups excluding carboxylic acids is 1. The molecule has 1 heterocycles. The van der Waals surface area contributed by atoms with Gasteiger partial charge in [0.25, 0.3) is 0 Å². The number of Topliss-reactive ketones (excluding diaryl/α,β-unsaturated/α-hetero) is 1.